The standard InChI is InChI=1S/C19H39N3/c1-18(2,3)21-13-15-22(16-14-21)19(4,5)10-7-17-8-11-20(6)12-9-17/h17H,7-16H2,1-6H3. The molecule has 3 nitrogen and oxygen atoms in total. The minimum Gasteiger partial charge on any atom is -0.306 e. The van der Waals surface area contributed by atoms with E-state index in [1.54, 1.807) is 0 Å². The molecule has 0 aromatic heterocycles. The first-order valence-electron chi connectivity index (χ1n) is 9.37. The molecule has 2 heterocycles. The van der Waals surface area contributed by atoms with Crippen LogP contribution in [0.4, 0.5) is 0 Å². The molecule has 0 amide bonds. The van der Waals surface area contributed by atoms with E-state index >= 15 is 0 Å². The molecule has 0 N–H and O–H groups in total. The molecule has 3 heteroatoms. The quantitative estimate of drug-likeness (QED) is 0.789. The number of hydrogen-bond acceptors (Lipinski definition) is 3. The van der Waals surface area contributed by atoms with Gasteiger partial charge in [0, 0.05) is 37.3 Å². The summed E-state index contributed by atoms with van der Waals surface area (Å²) in [6, 6.07) is 0. The van der Waals surface area contributed by atoms with Crippen molar-refractivity contribution < 1.29 is 0 Å². The van der Waals surface area contributed by atoms with E-state index < -0.39 is 0 Å². The molecule has 0 aromatic rings. The second-order valence-electron chi connectivity index (χ2n) is 9.24. The summed E-state index contributed by atoms with van der Waals surface area (Å²) < 4.78 is 0. The van der Waals surface area contributed by atoms with Crippen LogP contribution in [0.15, 0.2) is 0 Å². The summed E-state index contributed by atoms with van der Waals surface area (Å²) in [6.45, 7) is 19.5. The van der Waals surface area contributed by atoms with Gasteiger partial charge < -0.3 is 4.90 Å². The fourth-order valence-electron chi connectivity index (χ4n) is 4.05. The molecule has 0 atom stereocenters. The number of piperazine rings is 1. The van der Waals surface area contributed by atoms with Crippen LogP contribution in [0.25, 0.3) is 0 Å². The lowest BCUT2D eigenvalue weighted by Gasteiger charge is -2.48. The Balaban J connectivity index is 1.76. The van der Waals surface area contributed by atoms with Gasteiger partial charge in [-0.05, 0) is 86.4 Å². The van der Waals surface area contributed by atoms with E-state index in [4.69, 9.17) is 0 Å². The summed E-state index contributed by atoms with van der Waals surface area (Å²) >= 11 is 0. The van der Waals surface area contributed by atoms with Gasteiger partial charge in [0.1, 0.15) is 0 Å². The first-order chi connectivity index (χ1) is 10.2. The van der Waals surface area contributed by atoms with Crippen LogP contribution in [0.5, 0.6) is 0 Å². The van der Waals surface area contributed by atoms with Gasteiger partial charge in [-0.3, -0.25) is 9.80 Å². The Bertz CT molecular complexity index is 329. The first-order valence-corrected chi connectivity index (χ1v) is 9.37. The third-order valence-electron chi connectivity index (χ3n) is 6.09. The molecule has 0 bridgehead atoms. The molecular weight excluding hydrogens is 270 g/mol. The van der Waals surface area contributed by atoms with Gasteiger partial charge in [0.25, 0.3) is 0 Å². The molecule has 2 rings (SSSR count). The fraction of sp³-hybridized carbons (Fsp3) is 1.00. The van der Waals surface area contributed by atoms with Crippen LogP contribution < -0.4 is 0 Å². The molecule has 130 valence electrons. The van der Waals surface area contributed by atoms with Crippen molar-refractivity contribution >= 4 is 0 Å². The highest BCUT2D eigenvalue weighted by atomic mass is 15.3. The van der Waals surface area contributed by atoms with E-state index in [9.17, 15) is 0 Å². The summed E-state index contributed by atoms with van der Waals surface area (Å²) in [6.07, 6.45) is 5.59. The summed E-state index contributed by atoms with van der Waals surface area (Å²) in [5.41, 5.74) is 0.692. The Hall–Kier alpha value is -0.120. The van der Waals surface area contributed by atoms with E-state index in [1.807, 2.05) is 0 Å². The predicted molar refractivity (Wildman–Crippen MR) is 96.4 cm³/mol. The predicted octanol–water partition coefficient (Wildman–Crippen LogP) is 3.30. The molecule has 2 saturated heterocycles. The average molecular weight is 310 g/mol. The van der Waals surface area contributed by atoms with Crippen LogP contribution >= 0.6 is 0 Å². The Kier molecular flexibility index (Phi) is 5.95. The molecule has 0 aliphatic carbocycles. The SMILES string of the molecule is CN1CCC(CCC(C)(C)N2CCN(C(C)(C)C)CC2)CC1. The van der Waals surface area contributed by atoms with Crippen LogP contribution in [-0.2, 0) is 0 Å². The molecule has 0 radical (unpaired) electrons. The van der Waals surface area contributed by atoms with Crippen molar-refractivity contribution in [1.29, 1.82) is 0 Å². The molecule has 0 aromatic carbocycles. The van der Waals surface area contributed by atoms with Crippen LogP contribution in [0.3, 0.4) is 0 Å². The molecule has 2 aliphatic rings. The zero-order chi connectivity index (χ0) is 16.4. The third kappa shape index (κ3) is 4.94. The van der Waals surface area contributed by atoms with Gasteiger partial charge >= 0.3 is 0 Å². The second kappa shape index (κ2) is 7.19. The molecular formula is C19H39N3. The Morgan fingerprint density at radius 1 is 0.773 bits per heavy atom. The molecule has 0 saturated carbocycles. The number of nitrogens with zero attached hydrogens (tertiary/aromatic N) is 3. The highest BCUT2D eigenvalue weighted by molar-refractivity contribution is 4.89. The van der Waals surface area contributed by atoms with E-state index in [2.05, 4.69) is 56.4 Å². The highest BCUT2D eigenvalue weighted by Gasteiger charge is 2.33. The Labute approximate surface area is 139 Å². The largest absolute Gasteiger partial charge is 0.306 e. The minimum absolute atomic E-state index is 0.324. The van der Waals surface area contributed by atoms with Gasteiger partial charge in [-0.2, -0.15) is 0 Å². The Morgan fingerprint density at radius 3 is 1.77 bits per heavy atom. The van der Waals surface area contributed by atoms with Crippen molar-refractivity contribution in [2.75, 3.05) is 46.3 Å². The van der Waals surface area contributed by atoms with Gasteiger partial charge in [0.15, 0.2) is 0 Å². The van der Waals surface area contributed by atoms with Crippen LogP contribution in [0.1, 0.15) is 60.3 Å². The lowest BCUT2D eigenvalue weighted by atomic mass is 9.86. The van der Waals surface area contributed by atoms with E-state index in [0.717, 1.165) is 5.92 Å². The normalized spacial score (nSPS) is 24.8. The Morgan fingerprint density at radius 2 is 1.27 bits per heavy atom. The van der Waals surface area contributed by atoms with Gasteiger partial charge in [-0.15, -0.1) is 0 Å². The lowest BCUT2D eigenvalue weighted by Crippen LogP contribution is -2.58. The van der Waals surface area contributed by atoms with Crippen molar-refractivity contribution in [2.45, 2.75) is 71.4 Å². The maximum Gasteiger partial charge on any atom is 0.0154 e. The van der Waals surface area contributed by atoms with Gasteiger partial charge in [0.05, 0.1) is 0 Å². The summed E-state index contributed by atoms with van der Waals surface area (Å²) in [5, 5.41) is 0. The maximum absolute atomic E-state index is 2.74. The number of rotatable bonds is 4. The molecule has 0 spiro atoms. The van der Waals surface area contributed by atoms with Crippen LogP contribution in [0, 0.1) is 5.92 Å². The van der Waals surface area contributed by atoms with E-state index in [-0.39, 0.29) is 0 Å². The van der Waals surface area contributed by atoms with Crippen molar-refractivity contribution in [2.24, 2.45) is 5.92 Å². The van der Waals surface area contributed by atoms with E-state index in [1.165, 1.54) is 65.0 Å². The highest BCUT2D eigenvalue weighted by Crippen LogP contribution is 2.29. The summed E-state index contributed by atoms with van der Waals surface area (Å²) in [7, 11) is 2.26. The smallest absolute Gasteiger partial charge is 0.0154 e. The van der Waals surface area contributed by atoms with Gasteiger partial charge in [-0.25, -0.2) is 0 Å². The van der Waals surface area contributed by atoms with Crippen molar-refractivity contribution in [1.82, 2.24) is 14.7 Å². The number of likely N-dealkylation sites (tertiary alicyclic amines) is 1. The van der Waals surface area contributed by atoms with Crippen molar-refractivity contribution in [3.8, 4) is 0 Å². The molecule has 2 fully saturated rings. The summed E-state index contributed by atoms with van der Waals surface area (Å²) in [5.74, 6) is 0.964. The fourth-order valence-corrected chi connectivity index (χ4v) is 4.05. The first kappa shape index (κ1) is 18.2. The summed E-state index contributed by atoms with van der Waals surface area (Å²) in [4.78, 5) is 7.86. The molecule has 22 heavy (non-hydrogen) atoms. The van der Waals surface area contributed by atoms with Gasteiger partial charge in [-0.1, -0.05) is 0 Å². The zero-order valence-corrected chi connectivity index (χ0v) is 16.0. The zero-order valence-electron chi connectivity index (χ0n) is 16.0. The topological polar surface area (TPSA) is 9.72 Å². The molecule has 0 unspecified atom stereocenters. The van der Waals surface area contributed by atoms with Crippen LogP contribution in [-0.4, -0.2) is 72.1 Å². The molecule has 2 aliphatic heterocycles. The second-order valence-corrected chi connectivity index (χ2v) is 9.24. The lowest BCUT2D eigenvalue weighted by molar-refractivity contribution is 0.00826. The van der Waals surface area contributed by atoms with Crippen LogP contribution in [0.2, 0.25) is 0 Å². The van der Waals surface area contributed by atoms with Gasteiger partial charge in [0.2, 0.25) is 0 Å². The van der Waals surface area contributed by atoms with Crippen molar-refractivity contribution in [3.63, 3.8) is 0 Å². The minimum atomic E-state index is 0.324. The number of piperidine rings is 1. The third-order valence-corrected chi connectivity index (χ3v) is 6.09. The average Bonchev–Trinajstić information content (AvgIpc) is 2.46. The maximum atomic E-state index is 2.74. The van der Waals surface area contributed by atoms with E-state index in [0.29, 0.717) is 11.1 Å². The number of hydrogen-bond donors (Lipinski definition) is 0. The van der Waals surface area contributed by atoms with Crippen molar-refractivity contribution in [3.05, 3.63) is 0 Å². The monoisotopic (exact) mass is 309 g/mol.